The lowest BCUT2D eigenvalue weighted by molar-refractivity contribution is 0.263. The highest BCUT2D eigenvalue weighted by molar-refractivity contribution is 4.72. The second kappa shape index (κ2) is 9.17. The van der Waals surface area contributed by atoms with E-state index in [1.165, 1.54) is 32.1 Å². The Balaban J connectivity index is 3.76. The van der Waals surface area contributed by atoms with Gasteiger partial charge in [-0.2, -0.15) is 0 Å². The topological polar surface area (TPSA) is 15.3 Å². The first-order valence-electron chi connectivity index (χ1n) is 6.55. The smallest absolute Gasteiger partial charge is 0.0212 e. The average molecular weight is 214 g/mol. The van der Waals surface area contributed by atoms with Gasteiger partial charge in [-0.05, 0) is 33.4 Å². The highest BCUT2D eigenvalue weighted by Gasteiger charge is 2.11. The zero-order valence-electron chi connectivity index (χ0n) is 11.3. The summed E-state index contributed by atoms with van der Waals surface area (Å²) in [6.45, 7) is 7.94. The number of rotatable bonds is 9. The molecule has 2 nitrogen and oxygen atoms in total. The largest absolute Gasteiger partial charge is 0.312 e. The number of hydrogen-bond donors (Lipinski definition) is 1. The van der Waals surface area contributed by atoms with Gasteiger partial charge in [0.25, 0.3) is 0 Å². The lowest BCUT2D eigenvalue weighted by Gasteiger charge is -2.26. The van der Waals surface area contributed by atoms with Crippen LogP contribution in [0, 0.1) is 0 Å². The summed E-state index contributed by atoms with van der Waals surface area (Å²) in [5, 5.41) is 3.69. The van der Waals surface area contributed by atoms with Gasteiger partial charge in [0.15, 0.2) is 0 Å². The van der Waals surface area contributed by atoms with Crippen molar-refractivity contribution in [3.05, 3.63) is 0 Å². The molecule has 0 fully saturated rings. The lowest BCUT2D eigenvalue weighted by atomic mass is 10.1. The second-order valence-electron chi connectivity index (χ2n) is 4.68. The third kappa shape index (κ3) is 6.91. The van der Waals surface area contributed by atoms with Crippen molar-refractivity contribution in [1.82, 2.24) is 10.2 Å². The van der Waals surface area contributed by atoms with Crippen LogP contribution in [0.4, 0.5) is 0 Å². The molecule has 0 spiro atoms. The standard InChI is InChI=1S/C13H30N2/c1-6-9-10-12(7-2)14-11-13(8-3)15(4)5/h12-14H,6-11H2,1-5H3. The summed E-state index contributed by atoms with van der Waals surface area (Å²) < 4.78 is 0. The maximum absolute atomic E-state index is 3.69. The van der Waals surface area contributed by atoms with Crippen molar-refractivity contribution in [3.63, 3.8) is 0 Å². The molecule has 92 valence electrons. The van der Waals surface area contributed by atoms with Crippen LogP contribution < -0.4 is 5.32 Å². The molecule has 2 atom stereocenters. The molecule has 0 radical (unpaired) electrons. The van der Waals surface area contributed by atoms with Crippen molar-refractivity contribution in [1.29, 1.82) is 0 Å². The summed E-state index contributed by atoms with van der Waals surface area (Å²) in [6.07, 6.45) is 6.47. The van der Waals surface area contributed by atoms with E-state index < -0.39 is 0 Å². The van der Waals surface area contributed by atoms with Gasteiger partial charge < -0.3 is 10.2 Å². The summed E-state index contributed by atoms with van der Waals surface area (Å²) in [6, 6.07) is 1.40. The van der Waals surface area contributed by atoms with Gasteiger partial charge in [-0.15, -0.1) is 0 Å². The van der Waals surface area contributed by atoms with Gasteiger partial charge in [0.1, 0.15) is 0 Å². The molecule has 0 amide bonds. The molecule has 1 N–H and O–H groups in total. The fourth-order valence-corrected chi connectivity index (χ4v) is 1.90. The Morgan fingerprint density at radius 3 is 2.13 bits per heavy atom. The van der Waals surface area contributed by atoms with E-state index in [1.54, 1.807) is 0 Å². The van der Waals surface area contributed by atoms with E-state index in [9.17, 15) is 0 Å². The predicted molar refractivity (Wildman–Crippen MR) is 69.4 cm³/mol. The summed E-state index contributed by atoms with van der Waals surface area (Å²) in [7, 11) is 4.34. The Morgan fingerprint density at radius 1 is 1.07 bits per heavy atom. The van der Waals surface area contributed by atoms with Crippen LogP contribution in [0.3, 0.4) is 0 Å². The minimum absolute atomic E-state index is 0.681. The molecule has 0 aromatic rings. The Bertz CT molecular complexity index is 134. The molecule has 0 aliphatic carbocycles. The maximum atomic E-state index is 3.69. The van der Waals surface area contributed by atoms with Gasteiger partial charge in [-0.25, -0.2) is 0 Å². The summed E-state index contributed by atoms with van der Waals surface area (Å²) >= 11 is 0. The average Bonchev–Trinajstić information content (AvgIpc) is 2.23. The molecule has 2 unspecified atom stereocenters. The van der Waals surface area contributed by atoms with Crippen molar-refractivity contribution in [2.24, 2.45) is 0 Å². The SMILES string of the molecule is CCCCC(CC)NCC(CC)N(C)C. The Hall–Kier alpha value is -0.0800. The fraction of sp³-hybridized carbons (Fsp3) is 1.00. The van der Waals surface area contributed by atoms with E-state index in [0.717, 1.165) is 12.6 Å². The van der Waals surface area contributed by atoms with Crippen molar-refractivity contribution in [3.8, 4) is 0 Å². The molecule has 0 aliphatic heterocycles. The van der Waals surface area contributed by atoms with Gasteiger partial charge in [-0.1, -0.05) is 33.6 Å². The number of likely N-dealkylation sites (N-methyl/N-ethyl adjacent to an activating group) is 1. The van der Waals surface area contributed by atoms with Crippen molar-refractivity contribution in [2.45, 2.75) is 65.0 Å². The summed E-state index contributed by atoms with van der Waals surface area (Å²) in [5.74, 6) is 0. The molecular formula is C13H30N2. The maximum Gasteiger partial charge on any atom is 0.0212 e. The Kier molecular flexibility index (Phi) is 9.12. The molecule has 0 heterocycles. The van der Waals surface area contributed by atoms with Crippen molar-refractivity contribution < 1.29 is 0 Å². The molecule has 15 heavy (non-hydrogen) atoms. The number of hydrogen-bond acceptors (Lipinski definition) is 2. The number of unbranched alkanes of at least 4 members (excludes halogenated alkanes) is 1. The molecule has 0 rings (SSSR count). The summed E-state index contributed by atoms with van der Waals surface area (Å²) in [4.78, 5) is 2.32. The van der Waals surface area contributed by atoms with Crippen molar-refractivity contribution >= 4 is 0 Å². The van der Waals surface area contributed by atoms with E-state index in [0.29, 0.717) is 6.04 Å². The molecule has 0 bridgehead atoms. The van der Waals surface area contributed by atoms with E-state index in [1.807, 2.05) is 0 Å². The van der Waals surface area contributed by atoms with Gasteiger partial charge >= 0.3 is 0 Å². The van der Waals surface area contributed by atoms with Crippen LogP contribution >= 0.6 is 0 Å². The lowest BCUT2D eigenvalue weighted by Crippen LogP contribution is -2.41. The van der Waals surface area contributed by atoms with Crippen LogP contribution in [0.1, 0.15) is 52.9 Å². The third-order valence-electron chi connectivity index (χ3n) is 3.24. The van der Waals surface area contributed by atoms with Crippen LogP contribution in [0.25, 0.3) is 0 Å². The minimum atomic E-state index is 0.681. The normalized spacial score (nSPS) is 15.6. The zero-order valence-corrected chi connectivity index (χ0v) is 11.3. The molecule has 0 saturated carbocycles. The molecule has 2 heteroatoms. The first-order chi connectivity index (χ1) is 7.15. The van der Waals surface area contributed by atoms with Crippen LogP contribution in [-0.4, -0.2) is 37.6 Å². The van der Waals surface area contributed by atoms with Gasteiger partial charge in [0, 0.05) is 18.6 Å². The van der Waals surface area contributed by atoms with E-state index in [-0.39, 0.29) is 0 Å². The number of nitrogens with one attached hydrogen (secondary N) is 1. The monoisotopic (exact) mass is 214 g/mol. The minimum Gasteiger partial charge on any atom is -0.312 e. The van der Waals surface area contributed by atoms with Crippen LogP contribution in [0.15, 0.2) is 0 Å². The summed E-state index contributed by atoms with van der Waals surface area (Å²) in [5.41, 5.74) is 0. The fourth-order valence-electron chi connectivity index (χ4n) is 1.90. The van der Waals surface area contributed by atoms with Gasteiger partial charge in [0.2, 0.25) is 0 Å². The molecule has 0 aliphatic rings. The highest BCUT2D eigenvalue weighted by atomic mass is 15.1. The predicted octanol–water partition coefficient (Wildman–Crippen LogP) is 2.89. The first kappa shape index (κ1) is 14.9. The number of nitrogens with zero attached hydrogens (tertiary/aromatic N) is 1. The van der Waals surface area contributed by atoms with Crippen LogP contribution in [0.5, 0.6) is 0 Å². The van der Waals surface area contributed by atoms with Crippen LogP contribution in [0.2, 0.25) is 0 Å². The molecule has 0 saturated heterocycles. The Morgan fingerprint density at radius 2 is 1.73 bits per heavy atom. The molecular weight excluding hydrogens is 184 g/mol. The Labute approximate surface area is 96.4 Å². The second-order valence-corrected chi connectivity index (χ2v) is 4.68. The van der Waals surface area contributed by atoms with Gasteiger partial charge in [0.05, 0.1) is 0 Å². The zero-order chi connectivity index (χ0) is 11.7. The quantitative estimate of drug-likeness (QED) is 0.635. The first-order valence-corrected chi connectivity index (χ1v) is 6.55. The third-order valence-corrected chi connectivity index (χ3v) is 3.24. The van der Waals surface area contributed by atoms with Crippen molar-refractivity contribution in [2.75, 3.05) is 20.6 Å². The van der Waals surface area contributed by atoms with E-state index in [2.05, 4.69) is 45.1 Å². The van der Waals surface area contributed by atoms with Crippen LogP contribution in [-0.2, 0) is 0 Å². The molecule has 0 aromatic heterocycles. The highest BCUT2D eigenvalue weighted by Crippen LogP contribution is 2.05. The van der Waals surface area contributed by atoms with E-state index >= 15 is 0 Å². The van der Waals surface area contributed by atoms with Gasteiger partial charge in [-0.3, -0.25) is 0 Å². The van der Waals surface area contributed by atoms with E-state index in [4.69, 9.17) is 0 Å². The molecule has 0 aromatic carbocycles.